The fourth-order valence-corrected chi connectivity index (χ4v) is 0.795. The maximum atomic E-state index is 5.32. The highest BCUT2D eigenvalue weighted by molar-refractivity contribution is 5.20. The molecule has 1 aromatic carbocycles. The molecule has 0 spiro atoms. The van der Waals surface area contributed by atoms with Gasteiger partial charge in [0, 0.05) is 7.11 Å². The van der Waals surface area contributed by atoms with Crippen molar-refractivity contribution in [1.29, 1.82) is 0 Å². The van der Waals surface area contributed by atoms with E-state index >= 15 is 0 Å². The van der Waals surface area contributed by atoms with Crippen LogP contribution in [0.15, 0.2) is 30.3 Å². The molecule has 0 heterocycles. The number of methoxy groups -OCH3 is 1. The molecule has 0 fully saturated rings. The summed E-state index contributed by atoms with van der Waals surface area (Å²) in [7, 11) is 1.63. The Balaban J connectivity index is 2.16. The molecule has 0 aliphatic carbocycles. The zero-order valence-corrected chi connectivity index (χ0v) is 7.12. The lowest BCUT2D eigenvalue weighted by molar-refractivity contribution is 0.145. The first-order valence-corrected chi connectivity index (χ1v) is 3.81. The Morgan fingerprint density at radius 1 is 1.17 bits per heavy atom. The van der Waals surface area contributed by atoms with Gasteiger partial charge in [-0.25, -0.2) is 0 Å². The zero-order chi connectivity index (χ0) is 8.65. The largest absolute Gasteiger partial charge is 0.478 e. The fraction of sp³-hybridized carbons (Fsp3) is 0.333. The lowest BCUT2D eigenvalue weighted by Crippen LogP contribution is -2.22. The summed E-state index contributed by atoms with van der Waals surface area (Å²) in [5, 5.41) is 2.94. The van der Waals surface area contributed by atoms with Gasteiger partial charge in [-0.15, -0.1) is 0 Å². The predicted octanol–water partition coefficient (Wildman–Crippen LogP) is 1.22. The number of hydrogen-bond donors (Lipinski definition) is 1. The topological polar surface area (TPSA) is 30.5 Å². The van der Waals surface area contributed by atoms with Crippen LogP contribution in [0.2, 0.25) is 0 Å². The van der Waals surface area contributed by atoms with E-state index in [0.717, 1.165) is 5.75 Å². The third-order valence-corrected chi connectivity index (χ3v) is 1.33. The van der Waals surface area contributed by atoms with Gasteiger partial charge in [0.1, 0.15) is 12.5 Å². The first-order valence-electron chi connectivity index (χ1n) is 3.81. The van der Waals surface area contributed by atoms with Gasteiger partial charge in [-0.2, -0.15) is 0 Å². The van der Waals surface area contributed by atoms with E-state index < -0.39 is 0 Å². The van der Waals surface area contributed by atoms with Crippen molar-refractivity contribution < 1.29 is 9.47 Å². The second-order valence-corrected chi connectivity index (χ2v) is 2.28. The molecule has 3 heteroatoms. The standard InChI is InChI=1S/C9H13NO2/c1-11-7-10-8-12-9-5-3-2-4-6-9/h2-6,10H,7-8H2,1H3. The first kappa shape index (κ1) is 9.03. The molecule has 0 amide bonds. The summed E-state index contributed by atoms with van der Waals surface area (Å²) in [4.78, 5) is 0. The van der Waals surface area contributed by atoms with Gasteiger partial charge in [-0.05, 0) is 12.1 Å². The third-order valence-electron chi connectivity index (χ3n) is 1.33. The Labute approximate surface area is 72.3 Å². The molecule has 0 saturated carbocycles. The average Bonchev–Trinajstić information content (AvgIpc) is 2.14. The minimum absolute atomic E-state index is 0.470. The molecule has 12 heavy (non-hydrogen) atoms. The van der Waals surface area contributed by atoms with Crippen molar-refractivity contribution in [3.05, 3.63) is 30.3 Å². The Hall–Kier alpha value is -1.06. The summed E-state index contributed by atoms with van der Waals surface area (Å²) >= 11 is 0. The predicted molar refractivity (Wildman–Crippen MR) is 46.9 cm³/mol. The molecular formula is C9H13NO2. The summed E-state index contributed by atoms with van der Waals surface area (Å²) in [6.07, 6.45) is 0. The molecule has 0 unspecified atom stereocenters. The van der Waals surface area contributed by atoms with Crippen LogP contribution < -0.4 is 10.1 Å². The summed E-state index contributed by atoms with van der Waals surface area (Å²) in [5.74, 6) is 0.862. The maximum Gasteiger partial charge on any atom is 0.141 e. The minimum atomic E-state index is 0.470. The van der Waals surface area contributed by atoms with Crippen LogP contribution in [0.1, 0.15) is 0 Å². The molecule has 3 nitrogen and oxygen atoms in total. The molecule has 0 atom stereocenters. The molecule has 0 saturated heterocycles. The van der Waals surface area contributed by atoms with Gasteiger partial charge in [-0.1, -0.05) is 18.2 Å². The van der Waals surface area contributed by atoms with E-state index in [1.807, 2.05) is 30.3 Å². The van der Waals surface area contributed by atoms with Crippen LogP contribution in [0.5, 0.6) is 5.75 Å². The summed E-state index contributed by atoms with van der Waals surface area (Å²) in [6, 6.07) is 9.65. The second-order valence-electron chi connectivity index (χ2n) is 2.28. The third kappa shape index (κ3) is 3.37. The summed E-state index contributed by atoms with van der Waals surface area (Å²) in [6.45, 7) is 0.977. The van der Waals surface area contributed by atoms with Crippen LogP contribution in [0.25, 0.3) is 0 Å². The second kappa shape index (κ2) is 5.57. The molecule has 1 aromatic rings. The van der Waals surface area contributed by atoms with E-state index in [1.54, 1.807) is 7.11 Å². The summed E-state index contributed by atoms with van der Waals surface area (Å²) < 4.78 is 10.1. The van der Waals surface area contributed by atoms with Gasteiger partial charge < -0.3 is 9.47 Å². The van der Waals surface area contributed by atoms with Crippen molar-refractivity contribution in [3.63, 3.8) is 0 Å². The van der Waals surface area contributed by atoms with E-state index in [9.17, 15) is 0 Å². The maximum absolute atomic E-state index is 5.32. The number of hydrogen-bond acceptors (Lipinski definition) is 3. The highest BCUT2D eigenvalue weighted by Gasteiger charge is 1.88. The molecule has 1 N–H and O–H groups in total. The lowest BCUT2D eigenvalue weighted by atomic mass is 10.3. The SMILES string of the molecule is COCNCOc1ccccc1. The smallest absolute Gasteiger partial charge is 0.141 e. The molecular weight excluding hydrogens is 154 g/mol. The molecule has 0 radical (unpaired) electrons. The molecule has 0 bridgehead atoms. The van der Waals surface area contributed by atoms with Crippen LogP contribution >= 0.6 is 0 Å². The van der Waals surface area contributed by atoms with E-state index in [1.165, 1.54) is 0 Å². The lowest BCUT2D eigenvalue weighted by Gasteiger charge is -2.05. The molecule has 0 aliphatic heterocycles. The van der Waals surface area contributed by atoms with Crippen LogP contribution in [0, 0.1) is 0 Å². The molecule has 1 rings (SSSR count). The van der Waals surface area contributed by atoms with E-state index in [4.69, 9.17) is 9.47 Å². The summed E-state index contributed by atoms with van der Waals surface area (Å²) in [5.41, 5.74) is 0. The first-order chi connectivity index (χ1) is 5.93. The Morgan fingerprint density at radius 3 is 2.58 bits per heavy atom. The zero-order valence-electron chi connectivity index (χ0n) is 7.12. The van der Waals surface area contributed by atoms with Crippen molar-refractivity contribution in [2.75, 3.05) is 20.6 Å². The van der Waals surface area contributed by atoms with Crippen LogP contribution in [-0.4, -0.2) is 20.6 Å². The van der Waals surface area contributed by atoms with Gasteiger partial charge in [-0.3, -0.25) is 5.32 Å². The van der Waals surface area contributed by atoms with Crippen molar-refractivity contribution in [2.45, 2.75) is 0 Å². The van der Waals surface area contributed by atoms with E-state index in [-0.39, 0.29) is 0 Å². The van der Waals surface area contributed by atoms with Crippen molar-refractivity contribution in [1.82, 2.24) is 5.32 Å². The number of benzene rings is 1. The average molecular weight is 167 g/mol. The molecule has 66 valence electrons. The Bertz CT molecular complexity index is 201. The monoisotopic (exact) mass is 167 g/mol. The van der Waals surface area contributed by atoms with Crippen molar-refractivity contribution in [2.24, 2.45) is 0 Å². The highest BCUT2D eigenvalue weighted by atomic mass is 16.5. The molecule has 0 aliphatic rings. The molecule has 0 aromatic heterocycles. The Morgan fingerprint density at radius 2 is 1.92 bits per heavy atom. The van der Waals surface area contributed by atoms with Crippen molar-refractivity contribution in [3.8, 4) is 5.75 Å². The van der Waals surface area contributed by atoms with E-state index in [0.29, 0.717) is 13.5 Å². The van der Waals surface area contributed by atoms with Crippen LogP contribution in [0.3, 0.4) is 0 Å². The van der Waals surface area contributed by atoms with Crippen LogP contribution in [-0.2, 0) is 4.74 Å². The van der Waals surface area contributed by atoms with Gasteiger partial charge >= 0.3 is 0 Å². The number of ether oxygens (including phenoxy) is 2. The number of nitrogens with one attached hydrogen (secondary N) is 1. The fourth-order valence-electron chi connectivity index (χ4n) is 0.795. The van der Waals surface area contributed by atoms with Crippen LogP contribution in [0.4, 0.5) is 0 Å². The van der Waals surface area contributed by atoms with E-state index in [2.05, 4.69) is 5.32 Å². The normalized spacial score (nSPS) is 9.75. The van der Waals surface area contributed by atoms with Gasteiger partial charge in [0.05, 0.1) is 6.73 Å². The van der Waals surface area contributed by atoms with Gasteiger partial charge in [0.2, 0.25) is 0 Å². The van der Waals surface area contributed by atoms with Gasteiger partial charge in [0.25, 0.3) is 0 Å². The number of rotatable bonds is 5. The highest BCUT2D eigenvalue weighted by Crippen LogP contribution is 2.06. The van der Waals surface area contributed by atoms with Gasteiger partial charge in [0.15, 0.2) is 0 Å². The Kier molecular flexibility index (Phi) is 4.19. The van der Waals surface area contributed by atoms with Crippen molar-refractivity contribution >= 4 is 0 Å². The quantitative estimate of drug-likeness (QED) is 0.528. The number of para-hydroxylation sites is 1. The minimum Gasteiger partial charge on any atom is -0.478 e.